The Bertz CT molecular complexity index is 725. The first-order valence-corrected chi connectivity index (χ1v) is 8.01. The van der Waals surface area contributed by atoms with Crippen molar-refractivity contribution < 1.29 is 4.79 Å². The van der Waals surface area contributed by atoms with Gasteiger partial charge in [-0.1, -0.05) is 13.3 Å². The van der Waals surface area contributed by atoms with Crippen LogP contribution in [-0.2, 0) is 0 Å². The van der Waals surface area contributed by atoms with E-state index in [9.17, 15) is 4.79 Å². The van der Waals surface area contributed by atoms with Crippen LogP contribution in [0.5, 0.6) is 0 Å². The summed E-state index contributed by atoms with van der Waals surface area (Å²) in [5.74, 6) is 0.0976. The third-order valence-corrected chi connectivity index (χ3v) is 4.91. The van der Waals surface area contributed by atoms with Gasteiger partial charge in [-0.25, -0.2) is 4.98 Å². The van der Waals surface area contributed by atoms with Crippen LogP contribution in [0.15, 0.2) is 17.6 Å². The number of hydrogen-bond donors (Lipinski definition) is 0. The Morgan fingerprint density at radius 3 is 3.16 bits per heavy atom. The third-order valence-electron chi connectivity index (χ3n) is 3.14. The van der Waals surface area contributed by atoms with Crippen molar-refractivity contribution in [1.29, 1.82) is 0 Å². The first kappa shape index (κ1) is 12.6. The molecule has 0 spiro atoms. The first-order chi connectivity index (χ1) is 9.20. The van der Waals surface area contributed by atoms with Crippen LogP contribution in [0.3, 0.4) is 0 Å². The van der Waals surface area contributed by atoms with Gasteiger partial charge in [-0.3, -0.25) is 9.20 Å². The Balaban J connectivity index is 1.91. The lowest BCUT2D eigenvalue weighted by atomic mass is 10.3. The Labute approximate surface area is 119 Å². The van der Waals surface area contributed by atoms with E-state index in [1.807, 2.05) is 29.1 Å². The Hall–Kier alpha value is -1.40. The van der Waals surface area contributed by atoms with Gasteiger partial charge in [-0.15, -0.1) is 22.7 Å². The van der Waals surface area contributed by atoms with E-state index in [0.29, 0.717) is 0 Å². The molecule has 0 unspecified atom stereocenters. The number of nitrogens with zero attached hydrogens (tertiary/aromatic N) is 3. The maximum Gasteiger partial charge on any atom is 0.263 e. The van der Waals surface area contributed by atoms with Gasteiger partial charge in [-0.2, -0.15) is 0 Å². The Kier molecular flexibility index (Phi) is 3.28. The van der Waals surface area contributed by atoms with Crippen LogP contribution in [0, 0.1) is 0 Å². The summed E-state index contributed by atoms with van der Waals surface area (Å²) in [6.07, 6.45) is 4.14. The first-order valence-electron chi connectivity index (χ1n) is 6.31. The minimum absolute atomic E-state index is 0.0976. The van der Waals surface area contributed by atoms with Gasteiger partial charge in [-0.05, 0) is 12.5 Å². The molecule has 0 atom stereocenters. The molecule has 0 radical (unpaired) electrons. The lowest BCUT2D eigenvalue weighted by Crippen LogP contribution is -2.26. The lowest BCUT2D eigenvalue weighted by molar-refractivity contribution is 0.0798. The van der Waals surface area contributed by atoms with Crippen LogP contribution in [0.4, 0.5) is 0 Å². The summed E-state index contributed by atoms with van der Waals surface area (Å²) < 4.78 is 2.04. The highest BCUT2D eigenvalue weighted by Crippen LogP contribution is 2.28. The number of rotatable bonds is 4. The average Bonchev–Trinajstić information content (AvgIpc) is 3.05. The van der Waals surface area contributed by atoms with E-state index in [0.717, 1.165) is 39.6 Å². The van der Waals surface area contributed by atoms with Crippen molar-refractivity contribution in [3.05, 3.63) is 22.5 Å². The van der Waals surface area contributed by atoms with Gasteiger partial charge >= 0.3 is 0 Å². The van der Waals surface area contributed by atoms with E-state index in [-0.39, 0.29) is 5.91 Å². The van der Waals surface area contributed by atoms with E-state index in [1.165, 1.54) is 11.3 Å². The zero-order valence-corrected chi connectivity index (χ0v) is 12.6. The van der Waals surface area contributed by atoms with Crippen LogP contribution >= 0.6 is 22.7 Å². The topological polar surface area (TPSA) is 37.6 Å². The number of fused-ring (bicyclic) bond motifs is 3. The molecule has 3 rings (SSSR count). The van der Waals surface area contributed by atoms with Crippen molar-refractivity contribution in [1.82, 2.24) is 14.3 Å². The fourth-order valence-electron chi connectivity index (χ4n) is 2.04. The number of hydrogen-bond acceptors (Lipinski definition) is 4. The van der Waals surface area contributed by atoms with Gasteiger partial charge in [0.25, 0.3) is 5.91 Å². The molecule has 3 aromatic heterocycles. The Morgan fingerprint density at radius 2 is 2.37 bits per heavy atom. The smallest absolute Gasteiger partial charge is 0.263 e. The molecule has 6 heteroatoms. The minimum atomic E-state index is 0.0976. The van der Waals surface area contributed by atoms with Gasteiger partial charge < -0.3 is 4.90 Å². The number of carbonyl (C=O) groups excluding carboxylic acids is 1. The van der Waals surface area contributed by atoms with Crippen molar-refractivity contribution >= 4 is 43.9 Å². The SMILES string of the molecule is CCCCN(C)C(=O)c1cc2c(nc3sccn32)s1. The molecule has 0 saturated heterocycles. The molecule has 0 aliphatic heterocycles. The maximum atomic E-state index is 12.3. The molecule has 1 amide bonds. The molecule has 3 heterocycles. The number of carbonyl (C=O) groups is 1. The van der Waals surface area contributed by atoms with E-state index in [1.54, 1.807) is 16.2 Å². The van der Waals surface area contributed by atoms with Crippen LogP contribution < -0.4 is 0 Å². The van der Waals surface area contributed by atoms with Crippen LogP contribution in [0.25, 0.3) is 15.3 Å². The summed E-state index contributed by atoms with van der Waals surface area (Å²) in [4.78, 5) is 21.3. The molecule has 0 aliphatic rings. The van der Waals surface area contributed by atoms with Gasteiger partial charge in [0.05, 0.1) is 10.4 Å². The summed E-state index contributed by atoms with van der Waals surface area (Å²) in [7, 11) is 1.86. The number of unbranched alkanes of at least 4 members (excludes halogenated alkanes) is 1. The summed E-state index contributed by atoms with van der Waals surface area (Å²) in [5.41, 5.74) is 1.04. The number of amides is 1. The molecule has 100 valence electrons. The second-order valence-electron chi connectivity index (χ2n) is 4.55. The van der Waals surface area contributed by atoms with E-state index in [2.05, 4.69) is 11.9 Å². The van der Waals surface area contributed by atoms with Gasteiger partial charge in [0.1, 0.15) is 4.83 Å². The Morgan fingerprint density at radius 1 is 1.53 bits per heavy atom. The van der Waals surface area contributed by atoms with Gasteiger partial charge in [0, 0.05) is 25.2 Å². The number of aromatic nitrogens is 2. The summed E-state index contributed by atoms with van der Waals surface area (Å²) in [6.45, 7) is 2.94. The highest BCUT2D eigenvalue weighted by atomic mass is 32.1. The van der Waals surface area contributed by atoms with Crippen molar-refractivity contribution in [3.63, 3.8) is 0 Å². The molecular formula is C13H15N3OS2. The number of thiazole rings is 1. The second kappa shape index (κ2) is 4.94. The lowest BCUT2D eigenvalue weighted by Gasteiger charge is -2.15. The maximum absolute atomic E-state index is 12.3. The number of imidazole rings is 1. The largest absolute Gasteiger partial charge is 0.341 e. The second-order valence-corrected chi connectivity index (χ2v) is 6.45. The molecule has 0 saturated carbocycles. The third kappa shape index (κ3) is 2.15. The van der Waals surface area contributed by atoms with Crippen LogP contribution in [0.2, 0.25) is 0 Å². The molecule has 0 aliphatic carbocycles. The molecular weight excluding hydrogens is 278 g/mol. The summed E-state index contributed by atoms with van der Waals surface area (Å²) in [5, 5.41) is 2.01. The fraction of sp³-hybridized carbons (Fsp3) is 0.385. The summed E-state index contributed by atoms with van der Waals surface area (Å²) >= 11 is 3.09. The van der Waals surface area contributed by atoms with Gasteiger partial charge in [0.15, 0.2) is 4.96 Å². The molecule has 4 nitrogen and oxygen atoms in total. The molecule has 3 aromatic rings. The van der Waals surface area contributed by atoms with Crippen molar-refractivity contribution in [2.24, 2.45) is 0 Å². The minimum Gasteiger partial charge on any atom is -0.341 e. The number of thiophene rings is 1. The van der Waals surface area contributed by atoms with Crippen molar-refractivity contribution in [2.75, 3.05) is 13.6 Å². The highest BCUT2D eigenvalue weighted by Gasteiger charge is 2.17. The van der Waals surface area contributed by atoms with Crippen molar-refractivity contribution in [2.45, 2.75) is 19.8 Å². The summed E-state index contributed by atoms with van der Waals surface area (Å²) in [6, 6.07) is 1.96. The average molecular weight is 293 g/mol. The highest BCUT2D eigenvalue weighted by molar-refractivity contribution is 7.21. The zero-order valence-electron chi connectivity index (χ0n) is 10.9. The van der Waals surface area contributed by atoms with E-state index in [4.69, 9.17) is 0 Å². The van der Waals surface area contributed by atoms with E-state index < -0.39 is 0 Å². The molecule has 0 N–H and O–H groups in total. The predicted octanol–water partition coefficient (Wildman–Crippen LogP) is 3.48. The molecule has 0 fully saturated rings. The normalized spacial score (nSPS) is 11.5. The molecule has 0 bridgehead atoms. The van der Waals surface area contributed by atoms with Gasteiger partial charge in [0.2, 0.25) is 0 Å². The quantitative estimate of drug-likeness (QED) is 0.738. The van der Waals surface area contributed by atoms with E-state index >= 15 is 0 Å². The van der Waals surface area contributed by atoms with Crippen LogP contribution in [0.1, 0.15) is 29.4 Å². The fourth-order valence-corrected chi connectivity index (χ4v) is 3.83. The molecule has 0 aromatic carbocycles. The van der Waals surface area contributed by atoms with Crippen molar-refractivity contribution in [3.8, 4) is 0 Å². The monoisotopic (exact) mass is 293 g/mol. The zero-order chi connectivity index (χ0) is 13.4. The molecule has 19 heavy (non-hydrogen) atoms. The predicted molar refractivity (Wildman–Crippen MR) is 80.3 cm³/mol. The van der Waals surface area contributed by atoms with Crippen LogP contribution in [-0.4, -0.2) is 33.8 Å². The standard InChI is InChI=1S/C13H15N3OS2/c1-3-4-5-15(2)12(17)10-8-9-11(19-10)14-13-16(9)6-7-18-13/h6-8H,3-5H2,1-2H3.